The molecule has 2 aromatic heterocycles. The second kappa shape index (κ2) is 3.91. The Kier molecular flexibility index (Phi) is 2.11. The van der Waals surface area contributed by atoms with Gasteiger partial charge < -0.3 is 10.1 Å². The number of rotatable bonds is 2. The molecule has 94 valence electrons. The van der Waals surface area contributed by atoms with Gasteiger partial charge in [0.25, 0.3) is 0 Å². The van der Waals surface area contributed by atoms with Crippen LogP contribution in [0.2, 0.25) is 0 Å². The summed E-state index contributed by atoms with van der Waals surface area (Å²) in [4.78, 5) is 0. The largest absolute Gasteiger partial charge is 0.491 e. The molecule has 0 spiro atoms. The zero-order valence-corrected chi connectivity index (χ0v) is 9.89. The Morgan fingerprint density at radius 3 is 3.16 bits per heavy atom. The van der Waals surface area contributed by atoms with E-state index in [4.69, 9.17) is 4.74 Å². The number of hydrogen-bond acceptors (Lipinski definition) is 6. The van der Waals surface area contributed by atoms with E-state index in [9.17, 15) is 0 Å². The summed E-state index contributed by atoms with van der Waals surface area (Å²) in [6.45, 7) is 0.592. The molecule has 0 aliphatic carbocycles. The summed E-state index contributed by atoms with van der Waals surface area (Å²) in [6, 6.07) is 11.7. The van der Waals surface area contributed by atoms with Crippen LogP contribution >= 0.6 is 0 Å². The maximum atomic E-state index is 5.62. The summed E-state index contributed by atoms with van der Waals surface area (Å²) in [5.74, 6) is 1.63. The molecule has 7 heteroatoms. The second-order valence-corrected chi connectivity index (χ2v) is 4.29. The highest BCUT2D eigenvalue weighted by Gasteiger charge is 2.23. The number of tetrazole rings is 1. The molecular weight excluding hydrogens is 244 g/mol. The zero-order valence-electron chi connectivity index (χ0n) is 9.89. The SMILES string of the molecule is c1ccc2c(c1)OCC2Nc1ccc2nnnn2n1. The summed E-state index contributed by atoms with van der Waals surface area (Å²) in [6.07, 6.45) is 0. The Morgan fingerprint density at radius 2 is 2.16 bits per heavy atom. The molecule has 1 aliphatic heterocycles. The third-order valence-electron chi connectivity index (χ3n) is 3.09. The molecule has 0 bridgehead atoms. The van der Waals surface area contributed by atoms with Crippen LogP contribution in [-0.2, 0) is 0 Å². The van der Waals surface area contributed by atoms with Gasteiger partial charge in [-0.1, -0.05) is 18.2 Å². The standard InChI is InChI=1S/C12H10N6O/c1-2-4-10-8(3-1)9(7-19-10)13-11-5-6-12-14-16-17-18(12)15-11/h1-6,9H,7H2,(H,13,15). The lowest BCUT2D eigenvalue weighted by atomic mass is 10.1. The third-order valence-corrected chi connectivity index (χ3v) is 3.09. The molecular formula is C12H10N6O. The van der Waals surface area contributed by atoms with E-state index in [0.717, 1.165) is 11.3 Å². The van der Waals surface area contributed by atoms with Gasteiger partial charge in [0, 0.05) is 5.56 Å². The number of fused-ring (bicyclic) bond motifs is 2. The molecule has 1 aliphatic rings. The molecule has 4 rings (SSSR count). The highest BCUT2D eigenvalue weighted by Crippen LogP contribution is 2.33. The topological polar surface area (TPSA) is 77.2 Å². The van der Waals surface area contributed by atoms with E-state index in [1.165, 1.54) is 4.63 Å². The number of nitrogens with zero attached hydrogens (tertiary/aromatic N) is 5. The fraction of sp³-hybridized carbons (Fsp3) is 0.167. The van der Waals surface area contributed by atoms with Crippen LogP contribution in [0, 0.1) is 0 Å². The maximum absolute atomic E-state index is 5.62. The number of aromatic nitrogens is 5. The van der Waals surface area contributed by atoms with Crippen molar-refractivity contribution in [1.29, 1.82) is 0 Å². The van der Waals surface area contributed by atoms with Crippen LogP contribution in [0.1, 0.15) is 11.6 Å². The molecule has 1 N–H and O–H groups in total. The van der Waals surface area contributed by atoms with Crippen molar-refractivity contribution in [3.05, 3.63) is 42.0 Å². The Hall–Kier alpha value is -2.70. The van der Waals surface area contributed by atoms with Gasteiger partial charge in [0.05, 0.1) is 6.04 Å². The molecule has 0 amide bonds. The van der Waals surface area contributed by atoms with Gasteiger partial charge in [0.1, 0.15) is 18.2 Å². The first-order valence-corrected chi connectivity index (χ1v) is 5.94. The Labute approximate surface area is 108 Å². The van der Waals surface area contributed by atoms with Crippen molar-refractivity contribution in [3.63, 3.8) is 0 Å². The molecule has 1 aromatic carbocycles. The van der Waals surface area contributed by atoms with E-state index in [1.807, 2.05) is 30.3 Å². The quantitative estimate of drug-likeness (QED) is 0.737. The van der Waals surface area contributed by atoms with Crippen molar-refractivity contribution in [2.75, 3.05) is 11.9 Å². The maximum Gasteiger partial charge on any atom is 0.200 e. The summed E-state index contributed by atoms with van der Waals surface area (Å²) in [7, 11) is 0. The molecule has 1 unspecified atom stereocenters. The van der Waals surface area contributed by atoms with Crippen LogP contribution < -0.4 is 10.1 Å². The van der Waals surface area contributed by atoms with Gasteiger partial charge in [0.2, 0.25) is 0 Å². The third kappa shape index (κ3) is 1.67. The van der Waals surface area contributed by atoms with Crippen molar-refractivity contribution in [1.82, 2.24) is 25.3 Å². The zero-order chi connectivity index (χ0) is 12.7. The number of anilines is 1. The predicted octanol–water partition coefficient (Wildman–Crippen LogP) is 1.06. The van der Waals surface area contributed by atoms with Crippen molar-refractivity contribution in [3.8, 4) is 5.75 Å². The van der Waals surface area contributed by atoms with E-state index >= 15 is 0 Å². The molecule has 0 saturated heterocycles. The van der Waals surface area contributed by atoms with Crippen LogP contribution in [0.15, 0.2) is 36.4 Å². The number of para-hydroxylation sites is 1. The molecule has 0 radical (unpaired) electrons. The Bertz CT molecular complexity index is 740. The first kappa shape index (κ1) is 10.2. The summed E-state index contributed by atoms with van der Waals surface area (Å²) in [5.41, 5.74) is 1.76. The highest BCUT2D eigenvalue weighted by atomic mass is 16.5. The lowest BCUT2D eigenvalue weighted by Crippen LogP contribution is -2.14. The van der Waals surface area contributed by atoms with E-state index in [1.54, 1.807) is 0 Å². The van der Waals surface area contributed by atoms with Crippen LogP contribution in [0.3, 0.4) is 0 Å². The van der Waals surface area contributed by atoms with Crippen LogP contribution in [0.25, 0.3) is 5.65 Å². The predicted molar refractivity (Wildman–Crippen MR) is 66.9 cm³/mol. The van der Waals surface area contributed by atoms with Gasteiger partial charge in [-0.25, -0.2) is 0 Å². The fourth-order valence-electron chi connectivity index (χ4n) is 2.19. The lowest BCUT2D eigenvalue weighted by Gasteiger charge is -2.11. The van der Waals surface area contributed by atoms with Gasteiger partial charge in [-0.05, 0) is 28.6 Å². The molecule has 0 saturated carbocycles. The fourth-order valence-corrected chi connectivity index (χ4v) is 2.19. The first-order valence-electron chi connectivity index (χ1n) is 5.94. The van der Waals surface area contributed by atoms with Crippen molar-refractivity contribution in [2.24, 2.45) is 0 Å². The van der Waals surface area contributed by atoms with Gasteiger partial charge in [-0.15, -0.1) is 14.8 Å². The Morgan fingerprint density at radius 1 is 1.21 bits per heavy atom. The van der Waals surface area contributed by atoms with Crippen LogP contribution in [0.4, 0.5) is 5.82 Å². The van der Waals surface area contributed by atoms with Gasteiger partial charge in [0.15, 0.2) is 5.65 Å². The van der Waals surface area contributed by atoms with Crippen molar-refractivity contribution < 1.29 is 4.74 Å². The average Bonchev–Trinajstić information content (AvgIpc) is 3.06. The molecule has 7 nitrogen and oxygen atoms in total. The molecule has 19 heavy (non-hydrogen) atoms. The second-order valence-electron chi connectivity index (χ2n) is 4.29. The molecule has 3 aromatic rings. The number of benzene rings is 1. The minimum absolute atomic E-state index is 0.0950. The van der Waals surface area contributed by atoms with Crippen LogP contribution in [-0.4, -0.2) is 31.9 Å². The lowest BCUT2D eigenvalue weighted by molar-refractivity contribution is 0.339. The average molecular weight is 254 g/mol. The minimum atomic E-state index is 0.0950. The van der Waals surface area contributed by atoms with Crippen molar-refractivity contribution >= 4 is 11.5 Å². The minimum Gasteiger partial charge on any atom is -0.491 e. The molecule has 3 heterocycles. The van der Waals surface area contributed by atoms with E-state index in [0.29, 0.717) is 18.1 Å². The van der Waals surface area contributed by atoms with Gasteiger partial charge >= 0.3 is 0 Å². The van der Waals surface area contributed by atoms with Gasteiger partial charge in [-0.3, -0.25) is 0 Å². The Balaban J connectivity index is 1.65. The van der Waals surface area contributed by atoms with E-state index < -0.39 is 0 Å². The summed E-state index contributed by atoms with van der Waals surface area (Å²) < 4.78 is 7.01. The van der Waals surface area contributed by atoms with Crippen LogP contribution in [0.5, 0.6) is 5.75 Å². The first-order chi connectivity index (χ1) is 9.40. The summed E-state index contributed by atoms with van der Waals surface area (Å²) in [5, 5.41) is 18.8. The number of ether oxygens (including phenoxy) is 1. The summed E-state index contributed by atoms with van der Waals surface area (Å²) >= 11 is 0. The smallest absolute Gasteiger partial charge is 0.200 e. The monoisotopic (exact) mass is 254 g/mol. The highest BCUT2D eigenvalue weighted by molar-refractivity contribution is 5.47. The van der Waals surface area contributed by atoms with E-state index in [2.05, 4.69) is 32.0 Å². The van der Waals surface area contributed by atoms with Crippen molar-refractivity contribution in [2.45, 2.75) is 6.04 Å². The van der Waals surface area contributed by atoms with E-state index in [-0.39, 0.29) is 6.04 Å². The number of hydrogen-bond donors (Lipinski definition) is 1. The molecule has 0 fully saturated rings. The normalized spacial score (nSPS) is 17.2. The number of nitrogens with one attached hydrogen (secondary N) is 1. The molecule has 1 atom stereocenters. The van der Waals surface area contributed by atoms with Gasteiger partial charge in [-0.2, -0.15) is 0 Å².